The number of carbonyl (C=O) groups excluding carboxylic acids is 2. The largest absolute Gasteiger partial charge is 0.472 e. The molecule has 2 aliphatic rings. The summed E-state index contributed by atoms with van der Waals surface area (Å²) in [6, 6.07) is 6.36. The molecule has 3 heterocycles. The number of rotatable bonds is 4. The summed E-state index contributed by atoms with van der Waals surface area (Å²) in [6.07, 6.45) is 0.883. The van der Waals surface area contributed by atoms with Crippen LogP contribution in [0.25, 0.3) is 0 Å². The molecule has 2 aliphatic heterocycles. The molecule has 0 radical (unpaired) electrons. The number of hydrogen-bond acceptors (Lipinski definition) is 4. The molecule has 2 aromatic rings. The first-order valence-corrected chi connectivity index (χ1v) is 10.2. The van der Waals surface area contributed by atoms with Crippen molar-refractivity contribution in [3.05, 3.63) is 59.5 Å². The first-order valence-electron chi connectivity index (χ1n) is 10.2. The molecule has 9 heteroatoms. The monoisotopic (exact) mass is 436 g/mol. The fourth-order valence-corrected chi connectivity index (χ4v) is 4.32. The van der Waals surface area contributed by atoms with E-state index in [0.29, 0.717) is 37.9 Å². The van der Waals surface area contributed by atoms with E-state index in [9.17, 15) is 22.8 Å². The van der Waals surface area contributed by atoms with Gasteiger partial charge >= 0.3 is 6.18 Å². The Balaban J connectivity index is 1.30. The zero-order chi connectivity index (χ0) is 22.1. The lowest BCUT2D eigenvalue weighted by molar-refractivity contribution is -0.137. The highest BCUT2D eigenvalue weighted by molar-refractivity contribution is 5.96. The van der Waals surface area contributed by atoms with Crippen LogP contribution in [0.3, 0.4) is 0 Å². The Labute approximate surface area is 177 Å². The van der Waals surface area contributed by atoms with Crippen LogP contribution < -0.4 is 5.32 Å². The molecule has 2 amide bonds. The molecule has 0 saturated carbocycles. The van der Waals surface area contributed by atoms with Gasteiger partial charge < -0.3 is 19.4 Å². The molecule has 1 spiro atoms. The van der Waals surface area contributed by atoms with Crippen LogP contribution in [0.4, 0.5) is 13.2 Å². The Morgan fingerprint density at radius 3 is 2.55 bits per heavy atom. The Bertz CT molecular complexity index is 934. The molecule has 0 unspecified atom stereocenters. The lowest BCUT2D eigenvalue weighted by Crippen LogP contribution is -2.47. The van der Waals surface area contributed by atoms with Crippen molar-refractivity contribution in [2.75, 3.05) is 19.6 Å². The van der Waals surface area contributed by atoms with Crippen LogP contribution in [0.2, 0.25) is 0 Å². The number of amides is 2. The van der Waals surface area contributed by atoms with Gasteiger partial charge in [-0.3, -0.25) is 9.59 Å². The normalized spacial score (nSPS) is 20.7. The molecule has 0 bridgehead atoms. The number of ether oxygens (including phenoxy) is 1. The van der Waals surface area contributed by atoms with Gasteiger partial charge in [0.25, 0.3) is 11.8 Å². The summed E-state index contributed by atoms with van der Waals surface area (Å²) in [5.41, 5.74) is -1.19. The predicted octanol–water partition coefficient (Wildman–Crippen LogP) is 3.88. The fourth-order valence-electron chi connectivity index (χ4n) is 4.32. The second-order valence-electron chi connectivity index (χ2n) is 8.02. The van der Waals surface area contributed by atoms with Gasteiger partial charge in [0.05, 0.1) is 34.7 Å². The molecule has 1 aromatic heterocycles. The molecule has 1 atom stereocenters. The molecule has 6 nitrogen and oxygen atoms in total. The first-order chi connectivity index (χ1) is 14.8. The molecule has 1 N–H and O–H groups in total. The van der Waals surface area contributed by atoms with E-state index in [1.807, 2.05) is 0 Å². The summed E-state index contributed by atoms with van der Waals surface area (Å²) in [6.45, 7) is 1.26. The number of nitrogens with one attached hydrogen (secondary N) is 1. The number of nitrogens with zero attached hydrogens (tertiary/aromatic N) is 1. The lowest BCUT2D eigenvalue weighted by atomic mass is 9.88. The highest BCUT2D eigenvalue weighted by atomic mass is 19.4. The van der Waals surface area contributed by atoms with Crippen molar-refractivity contribution in [3.63, 3.8) is 0 Å². The smallest absolute Gasteiger partial charge is 0.417 e. The number of piperidine rings is 1. The number of furan rings is 1. The number of carbonyl (C=O) groups is 2. The maximum Gasteiger partial charge on any atom is 0.417 e. The van der Waals surface area contributed by atoms with Crippen LogP contribution in [0.1, 0.15) is 52.0 Å². The SMILES string of the molecule is O=C(NC[C@@H]1CCC2(CCN(C(=O)c3ccoc3)CC2)O1)c1ccccc1C(F)(F)F. The minimum absolute atomic E-state index is 0.0752. The summed E-state index contributed by atoms with van der Waals surface area (Å²) < 4.78 is 50.6. The van der Waals surface area contributed by atoms with Gasteiger partial charge in [0.2, 0.25) is 0 Å². The molecule has 2 fully saturated rings. The fraction of sp³-hybridized carbons (Fsp3) is 0.455. The van der Waals surface area contributed by atoms with Gasteiger partial charge in [0.15, 0.2) is 0 Å². The van der Waals surface area contributed by atoms with Crippen LogP contribution in [-0.2, 0) is 10.9 Å². The minimum atomic E-state index is -4.59. The summed E-state index contributed by atoms with van der Waals surface area (Å²) in [7, 11) is 0. The Kier molecular flexibility index (Phi) is 5.79. The average molecular weight is 436 g/mol. The second kappa shape index (κ2) is 8.37. The lowest BCUT2D eigenvalue weighted by Gasteiger charge is -2.39. The number of likely N-dealkylation sites (tertiary alicyclic amines) is 1. The first kappa shape index (κ1) is 21.4. The van der Waals surface area contributed by atoms with Gasteiger partial charge in [-0.15, -0.1) is 0 Å². The van der Waals surface area contributed by atoms with Crippen molar-refractivity contribution in [3.8, 4) is 0 Å². The number of halogens is 3. The third-order valence-corrected chi connectivity index (χ3v) is 6.04. The highest BCUT2D eigenvalue weighted by Gasteiger charge is 2.43. The maximum atomic E-state index is 13.1. The molecular formula is C22H23F3N2O4. The average Bonchev–Trinajstić information content (AvgIpc) is 3.42. The van der Waals surface area contributed by atoms with Crippen LogP contribution in [0, 0.1) is 0 Å². The molecular weight excluding hydrogens is 413 g/mol. The van der Waals surface area contributed by atoms with Crippen molar-refractivity contribution in [2.24, 2.45) is 0 Å². The molecule has 166 valence electrons. The maximum absolute atomic E-state index is 13.1. The third kappa shape index (κ3) is 4.61. The van der Waals surface area contributed by atoms with Crippen molar-refractivity contribution < 1.29 is 31.9 Å². The third-order valence-electron chi connectivity index (χ3n) is 6.04. The van der Waals surface area contributed by atoms with Gasteiger partial charge in [-0.05, 0) is 43.9 Å². The van der Waals surface area contributed by atoms with E-state index in [0.717, 1.165) is 12.5 Å². The summed E-state index contributed by atoms with van der Waals surface area (Å²) in [4.78, 5) is 26.6. The predicted molar refractivity (Wildman–Crippen MR) is 104 cm³/mol. The van der Waals surface area contributed by atoms with E-state index in [-0.39, 0.29) is 24.2 Å². The van der Waals surface area contributed by atoms with Gasteiger partial charge in [0, 0.05) is 19.6 Å². The highest BCUT2D eigenvalue weighted by Crippen LogP contribution is 2.39. The summed E-state index contributed by atoms with van der Waals surface area (Å²) in [5.74, 6) is -0.841. The Morgan fingerprint density at radius 2 is 1.87 bits per heavy atom. The van der Waals surface area contributed by atoms with E-state index < -0.39 is 23.2 Å². The van der Waals surface area contributed by atoms with Gasteiger partial charge in [0.1, 0.15) is 6.26 Å². The van der Waals surface area contributed by atoms with Crippen LogP contribution in [-0.4, -0.2) is 48.1 Å². The van der Waals surface area contributed by atoms with Crippen molar-refractivity contribution in [1.82, 2.24) is 10.2 Å². The molecule has 4 rings (SSSR count). The van der Waals surface area contributed by atoms with E-state index in [4.69, 9.17) is 9.15 Å². The Hall–Kier alpha value is -2.81. The van der Waals surface area contributed by atoms with E-state index in [2.05, 4.69) is 5.32 Å². The second-order valence-corrected chi connectivity index (χ2v) is 8.02. The van der Waals surface area contributed by atoms with Gasteiger partial charge in [-0.25, -0.2) is 0 Å². The van der Waals surface area contributed by atoms with Crippen molar-refractivity contribution >= 4 is 11.8 Å². The molecule has 0 aliphatic carbocycles. The zero-order valence-corrected chi connectivity index (χ0v) is 16.8. The number of alkyl halides is 3. The summed E-state index contributed by atoms with van der Waals surface area (Å²) >= 11 is 0. The number of hydrogen-bond donors (Lipinski definition) is 1. The van der Waals surface area contributed by atoms with Gasteiger partial charge in [-0.1, -0.05) is 12.1 Å². The molecule has 1 aromatic carbocycles. The van der Waals surface area contributed by atoms with Crippen LogP contribution in [0.5, 0.6) is 0 Å². The topological polar surface area (TPSA) is 71.8 Å². The molecule has 2 saturated heterocycles. The van der Waals surface area contributed by atoms with Gasteiger partial charge in [-0.2, -0.15) is 13.2 Å². The Morgan fingerprint density at radius 1 is 1.13 bits per heavy atom. The number of benzene rings is 1. The van der Waals surface area contributed by atoms with Crippen molar-refractivity contribution in [2.45, 2.75) is 43.6 Å². The van der Waals surface area contributed by atoms with E-state index in [1.165, 1.54) is 30.7 Å². The quantitative estimate of drug-likeness (QED) is 0.790. The standard InChI is InChI=1S/C22H23F3N2O4/c23-22(24,25)18-4-2-1-3-17(18)19(28)26-13-16-5-7-21(31-16)8-10-27(11-9-21)20(29)15-6-12-30-14-15/h1-4,6,12,14,16H,5,7-11,13H2,(H,26,28)/t16-/m0/s1. The minimum Gasteiger partial charge on any atom is -0.472 e. The summed E-state index contributed by atoms with van der Waals surface area (Å²) in [5, 5.41) is 2.58. The zero-order valence-electron chi connectivity index (χ0n) is 16.8. The van der Waals surface area contributed by atoms with E-state index in [1.54, 1.807) is 11.0 Å². The van der Waals surface area contributed by atoms with Crippen LogP contribution >= 0.6 is 0 Å². The van der Waals surface area contributed by atoms with Crippen LogP contribution in [0.15, 0.2) is 47.3 Å². The molecule has 31 heavy (non-hydrogen) atoms. The van der Waals surface area contributed by atoms with E-state index >= 15 is 0 Å². The van der Waals surface area contributed by atoms with Crippen molar-refractivity contribution in [1.29, 1.82) is 0 Å².